The van der Waals surface area contributed by atoms with Crippen LogP contribution in [0, 0.1) is 5.82 Å². The first kappa shape index (κ1) is 13.7. The molecule has 1 fully saturated rings. The van der Waals surface area contributed by atoms with Gasteiger partial charge in [0.1, 0.15) is 0 Å². The number of halogens is 2. The molecule has 1 saturated heterocycles. The maximum atomic E-state index is 14.0. The zero-order valence-corrected chi connectivity index (χ0v) is 12.2. The maximum Gasteiger partial charge on any atom is 0.166 e. The summed E-state index contributed by atoms with van der Waals surface area (Å²) >= 11 is 3.25. The van der Waals surface area contributed by atoms with Gasteiger partial charge in [0, 0.05) is 23.3 Å². The predicted octanol–water partition coefficient (Wildman–Crippen LogP) is 2.95. The number of nitrogens with zero attached hydrogens (tertiary/aromatic N) is 2. The van der Waals surface area contributed by atoms with Crippen molar-refractivity contribution in [1.82, 2.24) is 10.3 Å². The van der Waals surface area contributed by atoms with Crippen molar-refractivity contribution in [1.29, 1.82) is 0 Å². The number of nitrogens with one attached hydrogen (secondary N) is 1. The fourth-order valence-electron chi connectivity index (χ4n) is 2.51. The van der Waals surface area contributed by atoms with Gasteiger partial charge in [-0.3, -0.25) is 0 Å². The second-order valence-electron chi connectivity index (χ2n) is 4.69. The van der Waals surface area contributed by atoms with Crippen LogP contribution in [0.2, 0.25) is 0 Å². The minimum atomic E-state index is -0.235. The molecule has 1 aliphatic rings. The van der Waals surface area contributed by atoms with Gasteiger partial charge in [0.15, 0.2) is 11.6 Å². The summed E-state index contributed by atoms with van der Waals surface area (Å²) in [6.45, 7) is 1.86. The number of hydrogen-bond donors (Lipinski definition) is 1. The zero-order valence-electron chi connectivity index (χ0n) is 10.6. The van der Waals surface area contributed by atoms with E-state index < -0.39 is 0 Å². The van der Waals surface area contributed by atoms with Crippen LogP contribution >= 0.6 is 15.9 Å². The maximum absolute atomic E-state index is 14.0. The molecule has 0 aliphatic carbocycles. The van der Waals surface area contributed by atoms with E-state index >= 15 is 0 Å². The van der Waals surface area contributed by atoms with E-state index in [0.29, 0.717) is 16.3 Å². The molecular weight excluding hydrogens is 297 g/mol. The van der Waals surface area contributed by atoms with Crippen molar-refractivity contribution in [3.05, 3.63) is 22.6 Å². The second-order valence-corrected chi connectivity index (χ2v) is 5.61. The van der Waals surface area contributed by atoms with E-state index in [-0.39, 0.29) is 5.82 Å². The monoisotopic (exact) mass is 315 g/mol. The highest BCUT2D eigenvalue weighted by atomic mass is 79.9. The van der Waals surface area contributed by atoms with Crippen LogP contribution in [-0.2, 0) is 0 Å². The van der Waals surface area contributed by atoms with Crippen molar-refractivity contribution in [3.63, 3.8) is 0 Å². The molecule has 2 rings (SSSR count). The second kappa shape index (κ2) is 6.48. The average Bonchev–Trinajstić information content (AvgIpc) is 2.37. The normalized spacial score (nSPS) is 20.2. The Morgan fingerprint density at radius 1 is 1.56 bits per heavy atom. The Hall–Kier alpha value is -0.680. The highest BCUT2D eigenvalue weighted by Crippen LogP contribution is 2.28. The minimum Gasteiger partial charge on any atom is -0.351 e. The third-order valence-corrected chi connectivity index (χ3v) is 3.85. The molecular formula is C13H19BrFN3. The van der Waals surface area contributed by atoms with Gasteiger partial charge in [-0.1, -0.05) is 0 Å². The van der Waals surface area contributed by atoms with Gasteiger partial charge in [-0.05, 0) is 61.3 Å². The lowest BCUT2D eigenvalue weighted by atomic mass is 9.99. The predicted molar refractivity (Wildman–Crippen MR) is 75.4 cm³/mol. The Bertz CT molecular complexity index is 400. The number of rotatable bonds is 4. The van der Waals surface area contributed by atoms with Crippen LogP contribution in [0.15, 0.2) is 16.7 Å². The van der Waals surface area contributed by atoms with Crippen LogP contribution in [-0.4, -0.2) is 31.2 Å². The van der Waals surface area contributed by atoms with E-state index in [1.807, 2.05) is 7.05 Å². The SMILES string of the molecule is CNCCC1CCCCN1c1ncc(Br)cc1F. The summed E-state index contributed by atoms with van der Waals surface area (Å²) in [6.07, 6.45) is 6.17. The topological polar surface area (TPSA) is 28.2 Å². The Morgan fingerprint density at radius 3 is 3.11 bits per heavy atom. The molecule has 1 aromatic heterocycles. The molecule has 2 heterocycles. The van der Waals surface area contributed by atoms with Gasteiger partial charge in [-0.2, -0.15) is 0 Å². The van der Waals surface area contributed by atoms with Crippen molar-refractivity contribution in [2.45, 2.75) is 31.7 Å². The summed E-state index contributed by atoms with van der Waals surface area (Å²) in [7, 11) is 1.95. The minimum absolute atomic E-state index is 0.235. The summed E-state index contributed by atoms with van der Waals surface area (Å²) < 4.78 is 14.7. The van der Waals surface area contributed by atoms with Crippen molar-refractivity contribution >= 4 is 21.7 Å². The third-order valence-electron chi connectivity index (χ3n) is 3.42. The van der Waals surface area contributed by atoms with Crippen molar-refractivity contribution in [2.75, 3.05) is 25.0 Å². The summed E-state index contributed by atoms with van der Waals surface area (Å²) in [5.74, 6) is 0.264. The summed E-state index contributed by atoms with van der Waals surface area (Å²) in [5, 5.41) is 3.16. The smallest absolute Gasteiger partial charge is 0.166 e. The van der Waals surface area contributed by atoms with Gasteiger partial charge < -0.3 is 10.2 Å². The lowest BCUT2D eigenvalue weighted by Gasteiger charge is -2.37. The highest BCUT2D eigenvalue weighted by Gasteiger charge is 2.25. The zero-order chi connectivity index (χ0) is 13.0. The number of anilines is 1. The van der Waals surface area contributed by atoms with E-state index in [1.165, 1.54) is 12.5 Å². The Labute approximate surface area is 116 Å². The molecule has 0 amide bonds. The molecule has 1 atom stereocenters. The Morgan fingerprint density at radius 2 is 2.39 bits per heavy atom. The van der Waals surface area contributed by atoms with Crippen molar-refractivity contribution < 1.29 is 4.39 Å². The van der Waals surface area contributed by atoms with Crippen LogP contribution in [0.3, 0.4) is 0 Å². The first-order valence-electron chi connectivity index (χ1n) is 6.44. The van der Waals surface area contributed by atoms with Gasteiger partial charge in [-0.25, -0.2) is 9.37 Å². The molecule has 1 unspecified atom stereocenters. The first-order valence-corrected chi connectivity index (χ1v) is 7.24. The Balaban J connectivity index is 2.16. The highest BCUT2D eigenvalue weighted by molar-refractivity contribution is 9.10. The molecule has 0 spiro atoms. The van der Waals surface area contributed by atoms with Crippen LogP contribution in [0.25, 0.3) is 0 Å². The Kier molecular flexibility index (Phi) is 4.95. The fourth-order valence-corrected chi connectivity index (χ4v) is 2.81. The van der Waals surface area contributed by atoms with Crippen LogP contribution in [0.1, 0.15) is 25.7 Å². The fraction of sp³-hybridized carbons (Fsp3) is 0.615. The van der Waals surface area contributed by atoms with Crippen LogP contribution < -0.4 is 10.2 Å². The molecule has 18 heavy (non-hydrogen) atoms. The quantitative estimate of drug-likeness (QED) is 0.926. The number of aromatic nitrogens is 1. The van der Waals surface area contributed by atoms with Crippen molar-refractivity contribution in [2.24, 2.45) is 0 Å². The van der Waals surface area contributed by atoms with E-state index in [0.717, 1.165) is 32.4 Å². The van der Waals surface area contributed by atoms with Crippen molar-refractivity contribution in [3.8, 4) is 0 Å². The molecule has 5 heteroatoms. The van der Waals surface area contributed by atoms with E-state index in [2.05, 4.69) is 31.1 Å². The molecule has 1 aliphatic heterocycles. The molecule has 0 saturated carbocycles. The number of pyridine rings is 1. The van der Waals surface area contributed by atoms with Gasteiger partial charge in [0.25, 0.3) is 0 Å². The molecule has 1 N–H and O–H groups in total. The van der Waals surface area contributed by atoms with E-state index in [1.54, 1.807) is 6.20 Å². The molecule has 100 valence electrons. The van der Waals surface area contributed by atoms with Gasteiger partial charge >= 0.3 is 0 Å². The average molecular weight is 316 g/mol. The van der Waals surface area contributed by atoms with Gasteiger partial charge in [-0.15, -0.1) is 0 Å². The van der Waals surface area contributed by atoms with Gasteiger partial charge in [0.2, 0.25) is 0 Å². The summed E-state index contributed by atoms with van der Waals surface area (Å²) in [5.41, 5.74) is 0. The summed E-state index contributed by atoms with van der Waals surface area (Å²) in [6, 6.07) is 1.89. The number of piperidine rings is 1. The first-order chi connectivity index (χ1) is 8.72. The molecule has 0 bridgehead atoms. The standard InChI is InChI=1S/C13H19BrFN3/c1-16-6-5-11-4-2-3-7-18(11)13-12(15)8-10(14)9-17-13/h8-9,11,16H,2-7H2,1H3. The lowest BCUT2D eigenvalue weighted by Crippen LogP contribution is -2.42. The number of hydrogen-bond acceptors (Lipinski definition) is 3. The van der Waals surface area contributed by atoms with Crippen LogP contribution in [0.4, 0.5) is 10.2 Å². The molecule has 3 nitrogen and oxygen atoms in total. The lowest BCUT2D eigenvalue weighted by molar-refractivity contribution is 0.424. The van der Waals surface area contributed by atoms with Gasteiger partial charge in [0.05, 0.1) is 0 Å². The molecule has 0 radical (unpaired) electrons. The molecule has 0 aromatic carbocycles. The van der Waals surface area contributed by atoms with E-state index in [9.17, 15) is 4.39 Å². The molecule has 1 aromatic rings. The van der Waals surface area contributed by atoms with E-state index in [4.69, 9.17) is 0 Å². The summed E-state index contributed by atoms with van der Waals surface area (Å²) in [4.78, 5) is 6.37. The third kappa shape index (κ3) is 3.20. The van der Waals surface area contributed by atoms with Crippen LogP contribution in [0.5, 0.6) is 0 Å². The largest absolute Gasteiger partial charge is 0.351 e.